The number of carbonyl (C=O) groups is 1. The molecule has 1 unspecified atom stereocenters. The third-order valence-corrected chi connectivity index (χ3v) is 4.03. The van der Waals surface area contributed by atoms with Gasteiger partial charge in [0, 0.05) is 18.1 Å². The summed E-state index contributed by atoms with van der Waals surface area (Å²) in [7, 11) is 2.02. The van der Waals surface area contributed by atoms with Crippen LogP contribution in [0.3, 0.4) is 0 Å². The first-order valence-electron chi connectivity index (χ1n) is 5.83. The van der Waals surface area contributed by atoms with Gasteiger partial charge >= 0.3 is 0 Å². The van der Waals surface area contributed by atoms with Crippen LogP contribution in [0.25, 0.3) is 0 Å². The molecule has 2 aliphatic rings. The highest BCUT2D eigenvalue weighted by Gasteiger charge is 2.47. The summed E-state index contributed by atoms with van der Waals surface area (Å²) in [5, 5.41) is 3.34. The van der Waals surface area contributed by atoms with Crippen molar-refractivity contribution < 1.29 is 4.79 Å². The molecule has 1 heterocycles. The Morgan fingerprint density at radius 1 is 1.60 bits per heavy atom. The van der Waals surface area contributed by atoms with Gasteiger partial charge in [-0.3, -0.25) is 4.79 Å². The first-order valence-corrected chi connectivity index (χ1v) is 5.83. The van der Waals surface area contributed by atoms with Crippen LogP contribution in [0.4, 0.5) is 0 Å². The summed E-state index contributed by atoms with van der Waals surface area (Å²) in [6, 6.07) is 0.583. The van der Waals surface area contributed by atoms with E-state index in [1.165, 1.54) is 25.3 Å². The summed E-state index contributed by atoms with van der Waals surface area (Å²) < 4.78 is 0. The fraction of sp³-hybridized carbons (Fsp3) is 0.750. The highest BCUT2D eigenvalue weighted by atomic mass is 16.2. The molecule has 2 fully saturated rings. The van der Waals surface area contributed by atoms with Crippen LogP contribution < -0.4 is 5.32 Å². The van der Waals surface area contributed by atoms with Gasteiger partial charge < -0.3 is 10.2 Å². The van der Waals surface area contributed by atoms with Crippen molar-refractivity contribution in [3.05, 3.63) is 12.7 Å². The summed E-state index contributed by atoms with van der Waals surface area (Å²) in [5.74, 6) is 0.115. The molecule has 1 saturated carbocycles. The summed E-state index contributed by atoms with van der Waals surface area (Å²) in [6.07, 6.45) is 7.24. The quantitative estimate of drug-likeness (QED) is 0.694. The number of nitrogens with zero attached hydrogens (tertiary/aromatic N) is 1. The molecule has 84 valence electrons. The highest BCUT2D eigenvalue weighted by molar-refractivity contribution is 5.87. The lowest BCUT2D eigenvalue weighted by molar-refractivity contribution is -0.140. The van der Waals surface area contributed by atoms with Gasteiger partial charge in [0.05, 0.1) is 0 Å². The van der Waals surface area contributed by atoms with E-state index >= 15 is 0 Å². The molecule has 3 nitrogen and oxygen atoms in total. The average molecular weight is 208 g/mol. The van der Waals surface area contributed by atoms with E-state index in [2.05, 4.69) is 16.8 Å². The number of carbonyl (C=O) groups excluding carboxylic acids is 1. The number of piperidine rings is 1. The van der Waals surface area contributed by atoms with Gasteiger partial charge in [-0.1, -0.05) is 6.58 Å². The second-order valence-electron chi connectivity index (χ2n) is 4.75. The van der Waals surface area contributed by atoms with Crippen molar-refractivity contribution in [2.24, 2.45) is 0 Å². The Hall–Kier alpha value is -0.830. The Morgan fingerprint density at radius 3 is 2.80 bits per heavy atom. The Bertz CT molecular complexity index is 271. The van der Waals surface area contributed by atoms with Gasteiger partial charge in [-0.15, -0.1) is 0 Å². The van der Waals surface area contributed by atoms with Crippen LogP contribution in [0.15, 0.2) is 12.7 Å². The minimum Gasteiger partial charge on any atom is -0.333 e. The van der Waals surface area contributed by atoms with E-state index in [1.54, 1.807) is 0 Å². The van der Waals surface area contributed by atoms with Crippen molar-refractivity contribution in [2.45, 2.75) is 43.7 Å². The van der Waals surface area contributed by atoms with Crippen LogP contribution in [0.1, 0.15) is 32.1 Å². The predicted octanol–water partition coefficient (Wildman–Crippen LogP) is 1.31. The van der Waals surface area contributed by atoms with Gasteiger partial charge in [-0.05, 0) is 45.2 Å². The van der Waals surface area contributed by atoms with Gasteiger partial charge in [0.15, 0.2) is 0 Å². The zero-order valence-corrected chi connectivity index (χ0v) is 9.46. The van der Waals surface area contributed by atoms with E-state index in [9.17, 15) is 4.79 Å². The Morgan fingerprint density at radius 2 is 2.33 bits per heavy atom. The van der Waals surface area contributed by atoms with E-state index in [1.807, 2.05) is 7.05 Å². The lowest BCUT2D eigenvalue weighted by Crippen LogP contribution is -2.62. The highest BCUT2D eigenvalue weighted by Crippen LogP contribution is 2.44. The average Bonchev–Trinajstić information content (AvgIpc) is 2.25. The maximum absolute atomic E-state index is 11.8. The van der Waals surface area contributed by atoms with Gasteiger partial charge in [0.25, 0.3) is 0 Å². The minimum absolute atomic E-state index is 0.115. The van der Waals surface area contributed by atoms with Crippen LogP contribution in [0.2, 0.25) is 0 Å². The van der Waals surface area contributed by atoms with Crippen LogP contribution in [0, 0.1) is 0 Å². The molecule has 0 bridgehead atoms. The molecule has 1 aliphatic carbocycles. The Balaban J connectivity index is 2.11. The van der Waals surface area contributed by atoms with Crippen LogP contribution in [0.5, 0.6) is 0 Å². The first-order chi connectivity index (χ1) is 7.22. The largest absolute Gasteiger partial charge is 0.333 e. The molecule has 1 spiro atoms. The summed E-state index contributed by atoms with van der Waals surface area (Å²) in [5.41, 5.74) is 0.164. The SMILES string of the molecule is C=CC(=O)N1CCC(NC)CC12CCC2. The number of hydrogen-bond donors (Lipinski definition) is 1. The standard InChI is InChI=1S/C12H20N2O/c1-3-11(15)14-8-5-10(13-2)9-12(14)6-4-7-12/h3,10,13H,1,4-9H2,2H3. The fourth-order valence-electron chi connectivity index (χ4n) is 2.95. The van der Waals surface area contributed by atoms with Crippen molar-refractivity contribution in [1.82, 2.24) is 10.2 Å². The van der Waals surface area contributed by atoms with Crippen molar-refractivity contribution in [1.29, 1.82) is 0 Å². The number of nitrogens with one attached hydrogen (secondary N) is 1. The van der Waals surface area contributed by atoms with Crippen LogP contribution >= 0.6 is 0 Å². The zero-order chi connectivity index (χ0) is 10.9. The number of likely N-dealkylation sites (tertiary alicyclic amines) is 1. The molecule has 1 aliphatic heterocycles. The molecule has 1 atom stereocenters. The molecular formula is C12H20N2O. The fourth-order valence-corrected chi connectivity index (χ4v) is 2.95. The Labute approximate surface area is 91.5 Å². The zero-order valence-electron chi connectivity index (χ0n) is 9.46. The lowest BCUT2D eigenvalue weighted by atomic mass is 9.68. The van der Waals surface area contributed by atoms with Crippen molar-refractivity contribution in [2.75, 3.05) is 13.6 Å². The normalized spacial score (nSPS) is 28.6. The maximum Gasteiger partial charge on any atom is 0.246 e. The smallest absolute Gasteiger partial charge is 0.246 e. The van der Waals surface area contributed by atoms with E-state index in [4.69, 9.17) is 0 Å². The van der Waals surface area contributed by atoms with E-state index < -0.39 is 0 Å². The molecule has 15 heavy (non-hydrogen) atoms. The van der Waals surface area contributed by atoms with Gasteiger partial charge in [-0.2, -0.15) is 0 Å². The van der Waals surface area contributed by atoms with Crippen molar-refractivity contribution >= 4 is 5.91 Å². The van der Waals surface area contributed by atoms with Gasteiger partial charge in [-0.25, -0.2) is 0 Å². The van der Waals surface area contributed by atoms with Crippen molar-refractivity contribution in [3.8, 4) is 0 Å². The number of amides is 1. The second-order valence-corrected chi connectivity index (χ2v) is 4.75. The minimum atomic E-state index is 0.115. The van der Waals surface area contributed by atoms with Gasteiger partial charge in [0.2, 0.25) is 5.91 Å². The van der Waals surface area contributed by atoms with E-state index in [0.29, 0.717) is 6.04 Å². The predicted molar refractivity (Wildman–Crippen MR) is 60.6 cm³/mol. The van der Waals surface area contributed by atoms with Crippen LogP contribution in [-0.2, 0) is 4.79 Å². The molecule has 1 amide bonds. The first kappa shape index (κ1) is 10.7. The van der Waals surface area contributed by atoms with Crippen molar-refractivity contribution in [3.63, 3.8) is 0 Å². The maximum atomic E-state index is 11.8. The van der Waals surface area contributed by atoms with E-state index in [0.717, 1.165) is 19.4 Å². The third-order valence-electron chi connectivity index (χ3n) is 4.03. The number of rotatable bonds is 2. The van der Waals surface area contributed by atoms with Gasteiger partial charge in [0.1, 0.15) is 0 Å². The second kappa shape index (κ2) is 3.97. The molecule has 3 heteroatoms. The monoisotopic (exact) mass is 208 g/mol. The molecule has 0 aromatic rings. The summed E-state index contributed by atoms with van der Waals surface area (Å²) >= 11 is 0. The number of hydrogen-bond acceptors (Lipinski definition) is 2. The van der Waals surface area contributed by atoms with Crippen LogP contribution in [-0.4, -0.2) is 36.0 Å². The lowest BCUT2D eigenvalue weighted by Gasteiger charge is -2.55. The summed E-state index contributed by atoms with van der Waals surface area (Å²) in [6.45, 7) is 4.48. The molecule has 0 aromatic carbocycles. The van der Waals surface area contributed by atoms with E-state index in [-0.39, 0.29) is 11.4 Å². The third kappa shape index (κ3) is 1.69. The molecule has 1 saturated heterocycles. The summed E-state index contributed by atoms with van der Waals surface area (Å²) in [4.78, 5) is 13.8. The molecule has 0 aromatic heterocycles. The molecular weight excluding hydrogens is 188 g/mol. The topological polar surface area (TPSA) is 32.3 Å². The molecule has 0 radical (unpaired) electrons. The molecule has 1 N–H and O–H groups in total. The Kier molecular flexibility index (Phi) is 2.83. The molecule has 2 rings (SSSR count).